The SMILES string of the molecule is COc1ccc(-c2csc3nc(C)nc(NC4CCS(=O)(=O)C4)c23)cc1OC. The van der Waals surface area contributed by atoms with Crippen LogP contribution in [0.25, 0.3) is 21.3 Å². The highest BCUT2D eigenvalue weighted by Gasteiger charge is 2.29. The zero-order chi connectivity index (χ0) is 19.9. The van der Waals surface area contributed by atoms with E-state index < -0.39 is 9.84 Å². The first-order valence-electron chi connectivity index (χ1n) is 8.85. The maximum atomic E-state index is 11.8. The molecule has 9 heteroatoms. The van der Waals surface area contributed by atoms with E-state index in [9.17, 15) is 8.42 Å². The second kappa shape index (κ2) is 7.21. The Bertz CT molecular complexity index is 1140. The first-order valence-corrected chi connectivity index (χ1v) is 11.6. The number of thiophene rings is 1. The predicted molar refractivity (Wildman–Crippen MR) is 111 cm³/mol. The van der Waals surface area contributed by atoms with Gasteiger partial charge in [-0.3, -0.25) is 0 Å². The fourth-order valence-corrected chi connectivity index (χ4v) is 6.14. The van der Waals surface area contributed by atoms with Gasteiger partial charge in [0.25, 0.3) is 0 Å². The van der Waals surface area contributed by atoms with Gasteiger partial charge in [-0.1, -0.05) is 6.07 Å². The molecule has 0 spiro atoms. The van der Waals surface area contributed by atoms with Crippen LogP contribution in [-0.2, 0) is 9.84 Å². The molecule has 0 radical (unpaired) electrons. The van der Waals surface area contributed by atoms with Crippen molar-refractivity contribution in [2.75, 3.05) is 31.0 Å². The van der Waals surface area contributed by atoms with Crippen LogP contribution in [0, 0.1) is 6.92 Å². The molecule has 1 aliphatic rings. The van der Waals surface area contributed by atoms with Crippen molar-refractivity contribution in [2.45, 2.75) is 19.4 Å². The Morgan fingerprint density at radius 2 is 1.96 bits per heavy atom. The molecule has 3 aromatic rings. The molecular weight excluding hydrogens is 398 g/mol. The van der Waals surface area contributed by atoms with Crippen molar-refractivity contribution in [2.24, 2.45) is 0 Å². The van der Waals surface area contributed by atoms with Gasteiger partial charge < -0.3 is 14.8 Å². The van der Waals surface area contributed by atoms with Crippen LogP contribution in [0.15, 0.2) is 23.6 Å². The molecule has 7 nitrogen and oxygen atoms in total. The quantitative estimate of drug-likeness (QED) is 0.679. The highest BCUT2D eigenvalue weighted by Crippen LogP contribution is 2.40. The van der Waals surface area contributed by atoms with Crippen molar-refractivity contribution in [1.82, 2.24) is 9.97 Å². The van der Waals surface area contributed by atoms with Gasteiger partial charge in [-0.25, -0.2) is 18.4 Å². The summed E-state index contributed by atoms with van der Waals surface area (Å²) in [4.78, 5) is 10.00. The summed E-state index contributed by atoms with van der Waals surface area (Å²) in [6, 6.07) is 5.61. The Morgan fingerprint density at radius 3 is 2.64 bits per heavy atom. The fourth-order valence-electron chi connectivity index (χ4n) is 3.47. The summed E-state index contributed by atoms with van der Waals surface area (Å²) >= 11 is 1.54. The lowest BCUT2D eigenvalue weighted by molar-refractivity contribution is 0.355. The molecule has 2 aromatic heterocycles. The molecule has 1 N–H and O–H groups in total. The standard InChI is InChI=1S/C19H21N3O4S2/c1-11-20-18(22-13-6-7-28(23,24)10-13)17-14(9-27-19(17)21-11)12-4-5-15(25-2)16(8-12)26-3/h4-5,8-9,13H,6-7,10H2,1-3H3,(H,20,21,22). The zero-order valence-electron chi connectivity index (χ0n) is 15.9. The molecule has 1 aliphatic heterocycles. The van der Waals surface area contributed by atoms with E-state index >= 15 is 0 Å². The topological polar surface area (TPSA) is 90.4 Å². The predicted octanol–water partition coefficient (Wildman–Crippen LogP) is 3.28. The largest absolute Gasteiger partial charge is 0.493 e. The lowest BCUT2D eigenvalue weighted by Gasteiger charge is -2.14. The molecule has 28 heavy (non-hydrogen) atoms. The molecule has 148 valence electrons. The maximum Gasteiger partial charge on any atom is 0.161 e. The van der Waals surface area contributed by atoms with Crippen LogP contribution in [0.3, 0.4) is 0 Å². The third-order valence-corrected chi connectivity index (χ3v) is 7.45. The number of nitrogens with one attached hydrogen (secondary N) is 1. The van der Waals surface area contributed by atoms with Crippen molar-refractivity contribution in [3.05, 3.63) is 29.4 Å². The van der Waals surface area contributed by atoms with E-state index in [1.54, 1.807) is 14.2 Å². The number of rotatable bonds is 5. The lowest BCUT2D eigenvalue weighted by Crippen LogP contribution is -2.21. The molecule has 4 rings (SSSR count). The average molecular weight is 420 g/mol. The molecular formula is C19H21N3O4S2. The van der Waals surface area contributed by atoms with E-state index in [-0.39, 0.29) is 17.5 Å². The molecule has 0 saturated carbocycles. The first kappa shape index (κ1) is 18.9. The number of nitrogens with zero attached hydrogens (tertiary/aromatic N) is 2. The number of anilines is 1. The number of aryl methyl sites for hydroxylation is 1. The molecule has 0 aliphatic carbocycles. The molecule has 1 fully saturated rings. The normalized spacial score (nSPS) is 18.3. The van der Waals surface area contributed by atoms with Crippen LogP contribution < -0.4 is 14.8 Å². The van der Waals surface area contributed by atoms with Gasteiger partial charge in [-0.05, 0) is 31.0 Å². The summed E-state index contributed by atoms with van der Waals surface area (Å²) in [5, 5.41) is 6.28. The van der Waals surface area contributed by atoms with Crippen LogP contribution in [-0.4, -0.2) is 50.2 Å². The number of sulfone groups is 1. The molecule has 0 amide bonds. The Balaban J connectivity index is 1.80. The molecule has 3 heterocycles. The highest BCUT2D eigenvalue weighted by atomic mass is 32.2. The molecule has 1 aromatic carbocycles. The van der Waals surface area contributed by atoms with Crippen molar-refractivity contribution >= 4 is 37.2 Å². The smallest absolute Gasteiger partial charge is 0.161 e. The van der Waals surface area contributed by atoms with Gasteiger partial charge in [-0.15, -0.1) is 11.3 Å². The summed E-state index contributed by atoms with van der Waals surface area (Å²) in [5.41, 5.74) is 1.93. The minimum atomic E-state index is -2.98. The van der Waals surface area contributed by atoms with Gasteiger partial charge in [0.2, 0.25) is 0 Å². The third kappa shape index (κ3) is 3.51. The summed E-state index contributed by atoms with van der Waals surface area (Å²) in [6.45, 7) is 1.84. The number of fused-ring (bicyclic) bond motifs is 1. The van der Waals surface area contributed by atoms with Crippen LogP contribution in [0.5, 0.6) is 11.5 Å². The van der Waals surface area contributed by atoms with Crippen LogP contribution in [0.2, 0.25) is 0 Å². The minimum absolute atomic E-state index is 0.132. The highest BCUT2D eigenvalue weighted by molar-refractivity contribution is 7.91. The maximum absolute atomic E-state index is 11.8. The van der Waals surface area contributed by atoms with Gasteiger partial charge in [-0.2, -0.15) is 0 Å². The molecule has 0 bridgehead atoms. The first-order chi connectivity index (χ1) is 13.4. The van der Waals surface area contributed by atoms with Crippen molar-refractivity contribution in [1.29, 1.82) is 0 Å². The number of methoxy groups -OCH3 is 2. The second-order valence-corrected chi connectivity index (χ2v) is 9.85. The third-order valence-electron chi connectivity index (χ3n) is 4.81. The van der Waals surface area contributed by atoms with Crippen LogP contribution in [0.1, 0.15) is 12.2 Å². The Kier molecular flexibility index (Phi) is 4.88. The van der Waals surface area contributed by atoms with E-state index in [4.69, 9.17) is 9.47 Å². The Hall–Kier alpha value is -2.39. The number of benzene rings is 1. The van der Waals surface area contributed by atoms with Crippen LogP contribution >= 0.6 is 11.3 Å². The number of hydrogen-bond donors (Lipinski definition) is 1. The van der Waals surface area contributed by atoms with E-state index in [2.05, 4.69) is 15.3 Å². The summed E-state index contributed by atoms with van der Waals surface area (Å²) in [6.07, 6.45) is 0.586. The summed E-state index contributed by atoms with van der Waals surface area (Å²) < 4.78 is 34.4. The van der Waals surface area contributed by atoms with Gasteiger partial charge in [0.1, 0.15) is 16.5 Å². The monoisotopic (exact) mass is 419 g/mol. The van der Waals surface area contributed by atoms with E-state index in [0.717, 1.165) is 21.3 Å². The fraction of sp³-hybridized carbons (Fsp3) is 0.368. The summed E-state index contributed by atoms with van der Waals surface area (Å²) in [5.74, 6) is 2.97. The van der Waals surface area contributed by atoms with Gasteiger partial charge in [0.05, 0.1) is 31.1 Å². The number of ether oxygens (including phenoxy) is 2. The minimum Gasteiger partial charge on any atom is -0.493 e. The number of aromatic nitrogens is 2. The molecule has 1 unspecified atom stereocenters. The lowest BCUT2D eigenvalue weighted by atomic mass is 10.0. The van der Waals surface area contributed by atoms with E-state index in [1.165, 1.54) is 11.3 Å². The Labute approximate surface area is 167 Å². The van der Waals surface area contributed by atoms with Gasteiger partial charge in [0.15, 0.2) is 21.3 Å². The summed E-state index contributed by atoms with van der Waals surface area (Å²) in [7, 11) is 0.229. The van der Waals surface area contributed by atoms with Gasteiger partial charge in [0, 0.05) is 17.0 Å². The number of hydrogen-bond acceptors (Lipinski definition) is 8. The molecule has 1 atom stereocenters. The second-order valence-electron chi connectivity index (χ2n) is 6.76. The van der Waals surface area contributed by atoms with Crippen molar-refractivity contribution < 1.29 is 17.9 Å². The van der Waals surface area contributed by atoms with Crippen molar-refractivity contribution in [3.63, 3.8) is 0 Å². The van der Waals surface area contributed by atoms with Gasteiger partial charge >= 0.3 is 0 Å². The van der Waals surface area contributed by atoms with E-state index in [0.29, 0.717) is 29.6 Å². The average Bonchev–Trinajstić information content (AvgIpc) is 3.23. The zero-order valence-corrected chi connectivity index (χ0v) is 17.5. The Morgan fingerprint density at radius 1 is 1.18 bits per heavy atom. The molecule has 1 saturated heterocycles. The van der Waals surface area contributed by atoms with Crippen LogP contribution in [0.4, 0.5) is 5.82 Å². The van der Waals surface area contributed by atoms with Crippen molar-refractivity contribution in [3.8, 4) is 22.6 Å². The van der Waals surface area contributed by atoms with E-state index in [1.807, 2.05) is 30.5 Å².